The Kier molecular flexibility index (Phi) is 6.24. The number of methoxy groups -OCH3 is 1. The van der Waals surface area contributed by atoms with E-state index in [1.165, 1.54) is 0 Å². The van der Waals surface area contributed by atoms with Crippen molar-refractivity contribution in [2.45, 2.75) is 0 Å². The third kappa shape index (κ3) is 4.73. The van der Waals surface area contributed by atoms with Crippen molar-refractivity contribution in [1.82, 2.24) is 15.2 Å². The van der Waals surface area contributed by atoms with Crippen molar-refractivity contribution in [2.75, 3.05) is 7.11 Å². The fraction of sp³-hybridized carbons (Fsp3) is 0.0417. The molecule has 0 aliphatic heterocycles. The molecular formula is C24H19BrN4O2. The van der Waals surface area contributed by atoms with Crippen LogP contribution in [0.15, 0.2) is 94.6 Å². The molecule has 1 N–H and O–H groups in total. The molecule has 0 aliphatic carbocycles. The number of hydrogen-bond acceptors (Lipinski definition) is 4. The molecule has 0 radical (unpaired) electrons. The van der Waals surface area contributed by atoms with Crippen molar-refractivity contribution >= 4 is 28.1 Å². The Morgan fingerprint density at radius 2 is 1.74 bits per heavy atom. The summed E-state index contributed by atoms with van der Waals surface area (Å²) in [5.74, 6) is 0.465. The Morgan fingerprint density at radius 1 is 1.03 bits per heavy atom. The van der Waals surface area contributed by atoms with E-state index < -0.39 is 0 Å². The highest BCUT2D eigenvalue weighted by Gasteiger charge is 2.12. The Morgan fingerprint density at radius 3 is 2.45 bits per heavy atom. The molecule has 0 saturated heterocycles. The number of nitrogens with zero attached hydrogens (tertiary/aromatic N) is 3. The predicted molar refractivity (Wildman–Crippen MR) is 125 cm³/mol. The summed E-state index contributed by atoms with van der Waals surface area (Å²) >= 11 is 3.38. The van der Waals surface area contributed by atoms with Crippen molar-refractivity contribution in [3.8, 4) is 22.7 Å². The fourth-order valence-electron chi connectivity index (χ4n) is 3.03. The Labute approximate surface area is 188 Å². The van der Waals surface area contributed by atoms with Gasteiger partial charge in [0, 0.05) is 21.8 Å². The van der Waals surface area contributed by atoms with Crippen LogP contribution in [-0.2, 0) is 0 Å². The third-order valence-electron chi connectivity index (χ3n) is 4.61. The van der Waals surface area contributed by atoms with E-state index in [4.69, 9.17) is 9.84 Å². The zero-order valence-electron chi connectivity index (χ0n) is 16.7. The van der Waals surface area contributed by atoms with E-state index in [0.29, 0.717) is 10.0 Å². The molecule has 1 amide bonds. The van der Waals surface area contributed by atoms with Crippen LogP contribution in [0.4, 0.5) is 0 Å². The number of hydrazone groups is 1. The minimum Gasteiger partial charge on any atom is -0.497 e. The van der Waals surface area contributed by atoms with Crippen molar-refractivity contribution in [3.05, 3.63) is 101 Å². The quantitative estimate of drug-likeness (QED) is 0.313. The van der Waals surface area contributed by atoms with Gasteiger partial charge in [0.2, 0.25) is 0 Å². The highest BCUT2D eigenvalue weighted by molar-refractivity contribution is 9.10. The number of amides is 1. The molecule has 0 spiro atoms. The van der Waals surface area contributed by atoms with Crippen LogP contribution < -0.4 is 10.2 Å². The van der Waals surface area contributed by atoms with Crippen LogP contribution >= 0.6 is 15.9 Å². The number of carbonyl (C=O) groups is 1. The molecule has 4 rings (SSSR count). The highest BCUT2D eigenvalue weighted by Crippen LogP contribution is 2.25. The minimum absolute atomic E-state index is 0.301. The zero-order chi connectivity index (χ0) is 21.6. The fourth-order valence-corrected chi connectivity index (χ4v) is 3.50. The van der Waals surface area contributed by atoms with Crippen molar-refractivity contribution in [1.29, 1.82) is 0 Å². The number of ether oxygens (including phenoxy) is 1. The Balaban J connectivity index is 1.64. The Bertz CT molecular complexity index is 1220. The molecule has 31 heavy (non-hydrogen) atoms. The molecule has 6 nitrogen and oxygen atoms in total. The van der Waals surface area contributed by atoms with E-state index in [1.807, 2.05) is 72.9 Å². The van der Waals surface area contributed by atoms with Gasteiger partial charge >= 0.3 is 0 Å². The summed E-state index contributed by atoms with van der Waals surface area (Å²) in [7, 11) is 1.63. The maximum absolute atomic E-state index is 12.4. The van der Waals surface area contributed by atoms with Crippen LogP contribution in [0.5, 0.6) is 5.75 Å². The van der Waals surface area contributed by atoms with E-state index in [9.17, 15) is 4.79 Å². The standard InChI is InChI=1S/C24H19BrN4O2/c1-31-20-13-11-17(12-14-20)23-18(16-29(28-23)19-7-3-2-4-8-19)15-26-27-24(30)21-9-5-6-10-22(21)25/h2-16H,1H3,(H,27,30)/b26-15+. The lowest BCUT2D eigenvalue weighted by Crippen LogP contribution is -2.18. The second-order valence-electron chi connectivity index (χ2n) is 6.62. The zero-order valence-corrected chi connectivity index (χ0v) is 18.3. The number of carbonyl (C=O) groups excluding carboxylic acids is 1. The maximum atomic E-state index is 12.4. The highest BCUT2D eigenvalue weighted by atomic mass is 79.9. The van der Waals surface area contributed by atoms with Gasteiger partial charge in [-0.25, -0.2) is 10.1 Å². The first-order valence-corrected chi connectivity index (χ1v) is 10.3. The molecule has 1 aromatic heterocycles. The van der Waals surface area contributed by atoms with E-state index in [2.05, 4.69) is 26.5 Å². The monoisotopic (exact) mass is 474 g/mol. The normalized spacial score (nSPS) is 10.9. The predicted octanol–water partition coefficient (Wildman–Crippen LogP) is 5.07. The van der Waals surface area contributed by atoms with Crippen LogP contribution in [0, 0.1) is 0 Å². The van der Waals surface area contributed by atoms with E-state index in [1.54, 1.807) is 30.1 Å². The lowest BCUT2D eigenvalue weighted by atomic mass is 10.1. The SMILES string of the molecule is COc1ccc(-c2nn(-c3ccccc3)cc2/C=N/NC(=O)c2ccccc2Br)cc1. The van der Waals surface area contributed by atoms with Gasteiger partial charge in [0.05, 0.1) is 24.6 Å². The van der Waals surface area contributed by atoms with Crippen molar-refractivity contribution in [2.24, 2.45) is 5.10 Å². The maximum Gasteiger partial charge on any atom is 0.272 e. The largest absolute Gasteiger partial charge is 0.497 e. The van der Waals surface area contributed by atoms with Gasteiger partial charge in [0.1, 0.15) is 11.4 Å². The van der Waals surface area contributed by atoms with Gasteiger partial charge in [-0.1, -0.05) is 30.3 Å². The number of halogens is 1. The van der Waals surface area contributed by atoms with Crippen molar-refractivity contribution < 1.29 is 9.53 Å². The van der Waals surface area contributed by atoms with Gasteiger partial charge in [-0.05, 0) is 64.5 Å². The number of hydrogen-bond donors (Lipinski definition) is 1. The van der Waals surface area contributed by atoms with Crippen LogP contribution in [0.1, 0.15) is 15.9 Å². The molecule has 7 heteroatoms. The number of nitrogens with one attached hydrogen (secondary N) is 1. The number of para-hydroxylation sites is 1. The summed E-state index contributed by atoms with van der Waals surface area (Å²) in [6, 6.07) is 24.6. The lowest BCUT2D eigenvalue weighted by Gasteiger charge is -2.03. The molecular weight excluding hydrogens is 456 g/mol. The summed E-state index contributed by atoms with van der Waals surface area (Å²) < 4.78 is 7.74. The smallest absolute Gasteiger partial charge is 0.272 e. The van der Waals surface area contributed by atoms with E-state index in [-0.39, 0.29) is 5.91 Å². The first-order valence-electron chi connectivity index (χ1n) is 9.53. The van der Waals surface area contributed by atoms with Gasteiger partial charge in [-0.15, -0.1) is 0 Å². The third-order valence-corrected chi connectivity index (χ3v) is 5.31. The molecule has 4 aromatic rings. The molecule has 0 aliphatic rings. The van der Waals surface area contributed by atoms with Gasteiger partial charge in [-0.3, -0.25) is 4.79 Å². The average molecular weight is 475 g/mol. The van der Waals surface area contributed by atoms with Crippen LogP contribution in [0.3, 0.4) is 0 Å². The van der Waals surface area contributed by atoms with E-state index in [0.717, 1.165) is 28.3 Å². The first-order chi connectivity index (χ1) is 15.2. The first kappa shape index (κ1) is 20.6. The Hall–Kier alpha value is -3.71. The van der Waals surface area contributed by atoms with Crippen molar-refractivity contribution in [3.63, 3.8) is 0 Å². The number of rotatable bonds is 6. The van der Waals surface area contributed by atoms with Gasteiger partial charge < -0.3 is 4.74 Å². The average Bonchev–Trinajstić information content (AvgIpc) is 3.24. The molecule has 154 valence electrons. The topological polar surface area (TPSA) is 68.5 Å². The second-order valence-corrected chi connectivity index (χ2v) is 7.47. The molecule has 3 aromatic carbocycles. The van der Waals surface area contributed by atoms with Gasteiger partial charge in [0.15, 0.2) is 0 Å². The lowest BCUT2D eigenvalue weighted by molar-refractivity contribution is 0.0954. The van der Waals surface area contributed by atoms with Crippen LogP contribution in [0.25, 0.3) is 16.9 Å². The molecule has 1 heterocycles. The molecule has 0 atom stereocenters. The summed E-state index contributed by atoms with van der Waals surface area (Å²) in [5, 5.41) is 8.90. The number of aromatic nitrogens is 2. The summed E-state index contributed by atoms with van der Waals surface area (Å²) in [6.45, 7) is 0. The molecule has 0 fully saturated rings. The summed E-state index contributed by atoms with van der Waals surface area (Å²) in [5.41, 5.74) is 6.43. The molecule has 0 saturated carbocycles. The number of benzene rings is 3. The van der Waals surface area contributed by atoms with Crippen LogP contribution in [-0.4, -0.2) is 29.0 Å². The summed E-state index contributed by atoms with van der Waals surface area (Å²) in [6.07, 6.45) is 3.48. The second kappa shape index (κ2) is 9.40. The minimum atomic E-state index is -0.301. The summed E-state index contributed by atoms with van der Waals surface area (Å²) in [4.78, 5) is 12.4. The molecule has 0 bridgehead atoms. The molecule has 0 unspecified atom stereocenters. The van der Waals surface area contributed by atoms with Gasteiger partial charge in [0.25, 0.3) is 5.91 Å². The van der Waals surface area contributed by atoms with Crippen LogP contribution in [0.2, 0.25) is 0 Å². The van der Waals surface area contributed by atoms with Gasteiger partial charge in [-0.2, -0.15) is 10.2 Å². The van der Waals surface area contributed by atoms with E-state index >= 15 is 0 Å².